The van der Waals surface area contributed by atoms with E-state index in [1.807, 2.05) is 35.8 Å². The number of thiazole rings is 2. The van der Waals surface area contributed by atoms with Crippen LogP contribution in [0.4, 0.5) is 5.13 Å². The van der Waals surface area contributed by atoms with Crippen molar-refractivity contribution in [2.24, 2.45) is 4.99 Å². The number of fused-ring (bicyclic) bond motifs is 1. The Kier molecular flexibility index (Phi) is 7.78. The normalized spacial score (nSPS) is 11.8. The number of hydrogen-bond acceptors (Lipinski definition) is 7. The zero-order valence-corrected chi connectivity index (χ0v) is 17.7. The Labute approximate surface area is 174 Å². The van der Waals surface area contributed by atoms with E-state index in [9.17, 15) is 9.59 Å². The second kappa shape index (κ2) is 10.5. The molecule has 0 bridgehead atoms. The zero-order valence-electron chi connectivity index (χ0n) is 15.3. The molecule has 7 nitrogen and oxygen atoms in total. The number of carbonyl (C=O) groups is 2. The lowest BCUT2D eigenvalue weighted by Gasteiger charge is -2.05. The molecular formula is C18H20N4O3S3. The van der Waals surface area contributed by atoms with Crippen LogP contribution in [-0.2, 0) is 20.9 Å². The van der Waals surface area contributed by atoms with E-state index in [4.69, 9.17) is 4.74 Å². The van der Waals surface area contributed by atoms with Gasteiger partial charge in [-0.05, 0) is 19.1 Å². The number of rotatable bonds is 9. The van der Waals surface area contributed by atoms with Gasteiger partial charge in [-0.25, -0.2) is 4.98 Å². The van der Waals surface area contributed by atoms with Crippen LogP contribution in [-0.4, -0.2) is 46.1 Å². The van der Waals surface area contributed by atoms with Crippen molar-refractivity contribution < 1.29 is 14.3 Å². The van der Waals surface area contributed by atoms with Crippen LogP contribution in [0.2, 0.25) is 0 Å². The molecule has 0 spiro atoms. The summed E-state index contributed by atoms with van der Waals surface area (Å²) in [5.74, 6) is -0.118. The first-order chi connectivity index (χ1) is 13.7. The molecule has 0 aliphatic heterocycles. The monoisotopic (exact) mass is 436 g/mol. The smallest absolute Gasteiger partial charge is 0.258 e. The summed E-state index contributed by atoms with van der Waals surface area (Å²) in [6.07, 6.45) is 1.63. The van der Waals surface area contributed by atoms with Crippen LogP contribution in [0.5, 0.6) is 0 Å². The first-order valence-corrected chi connectivity index (χ1v) is 11.5. The Morgan fingerprint density at radius 2 is 2.18 bits per heavy atom. The number of ether oxygens (including phenoxy) is 1. The van der Waals surface area contributed by atoms with Gasteiger partial charge >= 0.3 is 0 Å². The second-order valence-electron chi connectivity index (χ2n) is 5.58. The maximum absolute atomic E-state index is 12.3. The minimum Gasteiger partial charge on any atom is -0.380 e. The van der Waals surface area contributed by atoms with Gasteiger partial charge in [-0.2, -0.15) is 4.99 Å². The van der Waals surface area contributed by atoms with E-state index in [1.54, 1.807) is 11.6 Å². The summed E-state index contributed by atoms with van der Waals surface area (Å²) in [5, 5.41) is 5.04. The largest absolute Gasteiger partial charge is 0.380 e. The molecular weight excluding hydrogens is 416 g/mol. The highest BCUT2D eigenvalue weighted by atomic mass is 32.2. The first kappa shape index (κ1) is 20.7. The Balaban J connectivity index is 1.63. The van der Waals surface area contributed by atoms with Gasteiger partial charge in [0.25, 0.3) is 5.91 Å². The lowest BCUT2D eigenvalue weighted by Crippen LogP contribution is -2.20. The van der Waals surface area contributed by atoms with Crippen LogP contribution in [0, 0.1) is 0 Å². The van der Waals surface area contributed by atoms with Crippen LogP contribution in [0.1, 0.15) is 6.92 Å². The Morgan fingerprint density at radius 3 is 2.96 bits per heavy atom. The molecule has 0 atom stereocenters. The van der Waals surface area contributed by atoms with Gasteiger partial charge in [0, 0.05) is 24.7 Å². The van der Waals surface area contributed by atoms with Crippen molar-refractivity contribution in [1.29, 1.82) is 0 Å². The Morgan fingerprint density at radius 1 is 1.32 bits per heavy atom. The lowest BCUT2D eigenvalue weighted by atomic mass is 10.3. The highest BCUT2D eigenvalue weighted by Gasteiger charge is 2.09. The summed E-state index contributed by atoms with van der Waals surface area (Å²) < 4.78 is 8.53. The predicted molar refractivity (Wildman–Crippen MR) is 115 cm³/mol. The van der Waals surface area contributed by atoms with E-state index in [-0.39, 0.29) is 23.3 Å². The van der Waals surface area contributed by atoms with E-state index >= 15 is 0 Å². The average Bonchev–Trinajstić information content (AvgIpc) is 3.30. The van der Waals surface area contributed by atoms with Gasteiger partial charge < -0.3 is 14.6 Å². The Bertz CT molecular complexity index is 995. The quantitative estimate of drug-likeness (QED) is 0.521. The number of nitrogens with zero attached hydrogens (tertiary/aromatic N) is 3. The number of aromatic nitrogens is 2. The molecule has 3 rings (SSSR count). The molecule has 10 heteroatoms. The van der Waals surface area contributed by atoms with Crippen LogP contribution in [0.3, 0.4) is 0 Å². The van der Waals surface area contributed by atoms with E-state index < -0.39 is 0 Å². The van der Waals surface area contributed by atoms with Crippen LogP contribution in [0.25, 0.3) is 10.2 Å². The zero-order chi connectivity index (χ0) is 19.8. The fourth-order valence-corrected chi connectivity index (χ4v) is 4.65. The van der Waals surface area contributed by atoms with Gasteiger partial charge in [0.2, 0.25) is 5.91 Å². The maximum Gasteiger partial charge on any atom is 0.258 e. The van der Waals surface area contributed by atoms with Gasteiger partial charge in [0.1, 0.15) is 0 Å². The van der Waals surface area contributed by atoms with Gasteiger partial charge in [-0.1, -0.05) is 23.5 Å². The van der Waals surface area contributed by atoms with Crippen molar-refractivity contribution in [3.05, 3.63) is 40.6 Å². The van der Waals surface area contributed by atoms with E-state index in [1.165, 1.54) is 34.4 Å². The van der Waals surface area contributed by atoms with Crippen molar-refractivity contribution in [3.8, 4) is 0 Å². The van der Waals surface area contributed by atoms with Gasteiger partial charge in [0.05, 0.1) is 28.3 Å². The molecule has 0 unspecified atom stereocenters. The third-order valence-electron chi connectivity index (χ3n) is 3.61. The molecule has 28 heavy (non-hydrogen) atoms. The summed E-state index contributed by atoms with van der Waals surface area (Å²) in [6, 6.07) is 7.96. The number of carbonyl (C=O) groups excluding carboxylic acids is 2. The average molecular weight is 437 g/mol. The highest BCUT2D eigenvalue weighted by molar-refractivity contribution is 8.00. The number of thioether (sulfide) groups is 1. The minimum absolute atomic E-state index is 0.144. The number of para-hydroxylation sites is 1. The van der Waals surface area contributed by atoms with E-state index in [0.717, 1.165) is 10.2 Å². The predicted octanol–water partition coefficient (Wildman–Crippen LogP) is 3.00. The molecule has 0 saturated carbocycles. The first-order valence-electron chi connectivity index (χ1n) is 8.68. The summed E-state index contributed by atoms with van der Waals surface area (Å²) in [4.78, 5) is 33.1. The van der Waals surface area contributed by atoms with E-state index in [2.05, 4.69) is 15.3 Å². The SMILES string of the molecule is CCOCCn1c(=NC(=O)CSCC(=O)Nc2nccs2)sc2ccccc21. The molecule has 1 N–H and O–H groups in total. The molecule has 148 valence electrons. The molecule has 1 aromatic carbocycles. The van der Waals surface area contributed by atoms with Crippen molar-refractivity contribution in [2.75, 3.05) is 30.0 Å². The molecule has 2 aromatic heterocycles. The highest BCUT2D eigenvalue weighted by Crippen LogP contribution is 2.17. The van der Waals surface area contributed by atoms with Gasteiger partial charge in [-0.15, -0.1) is 23.1 Å². The summed E-state index contributed by atoms with van der Waals surface area (Å²) in [6.45, 7) is 3.79. The molecule has 0 radical (unpaired) electrons. The molecule has 0 saturated heterocycles. The van der Waals surface area contributed by atoms with Gasteiger partial charge in [-0.3, -0.25) is 9.59 Å². The van der Waals surface area contributed by atoms with Crippen molar-refractivity contribution in [1.82, 2.24) is 9.55 Å². The fourth-order valence-electron chi connectivity index (χ4n) is 2.43. The Hall–Kier alpha value is -2.01. The summed E-state index contributed by atoms with van der Waals surface area (Å²) in [7, 11) is 0. The van der Waals surface area contributed by atoms with Gasteiger partial charge in [0.15, 0.2) is 9.93 Å². The summed E-state index contributed by atoms with van der Waals surface area (Å²) in [5.41, 5.74) is 1.04. The van der Waals surface area contributed by atoms with Crippen molar-refractivity contribution in [2.45, 2.75) is 13.5 Å². The molecule has 0 aliphatic rings. The molecule has 2 amide bonds. The third-order valence-corrected chi connectivity index (χ3v) is 6.27. The molecule has 2 heterocycles. The van der Waals surface area contributed by atoms with Crippen LogP contribution >= 0.6 is 34.4 Å². The number of nitrogens with one attached hydrogen (secondary N) is 1. The van der Waals surface area contributed by atoms with Crippen LogP contribution in [0.15, 0.2) is 40.8 Å². The number of amides is 2. The van der Waals surface area contributed by atoms with Crippen molar-refractivity contribution >= 4 is 61.6 Å². The molecule has 0 fully saturated rings. The standard InChI is InChI=1S/C18H20N4O3S3/c1-2-25-9-8-22-13-5-3-4-6-14(13)28-18(22)21-16(24)12-26-11-15(23)20-17-19-7-10-27-17/h3-7,10H,2,8-9,11-12H2,1H3,(H,19,20,23). The second-order valence-corrected chi connectivity index (χ2v) is 8.47. The summed E-state index contributed by atoms with van der Waals surface area (Å²) >= 11 is 4.07. The third kappa shape index (κ3) is 5.74. The molecule has 0 aliphatic carbocycles. The van der Waals surface area contributed by atoms with Crippen molar-refractivity contribution in [3.63, 3.8) is 0 Å². The van der Waals surface area contributed by atoms with E-state index in [0.29, 0.717) is 29.7 Å². The number of hydrogen-bond donors (Lipinski definition) is 1. The lowest BCUT2D eigenvalue weighted by molar-refractivity contribution is -0.115. The number of benzene rings is 1. The maximum atomic E-state index is 12.3. The minimum atomic E-state index is -0.260. The number of anilines is 1. The topological polar surface area (TPSA) is 85.6 Å². The molecule has 3 aromatic rings. The fraction of sp³-hybridized carbons (Fsp3) is 0.333. The van der Waals surface area contributed by atoms with Crippen LogP contribution < -0.4 is 10.1 Å².